The number of benzene rings is 7. The summed E-state index contributed by atoms with van der Waals surface area (Å²) in [6.07, 6.45) is 0.963. The zero-order valence-electron chi connectivity index (χ0n) is 37.9. The Hall–Kier alpha value is -6.65. The molecule has 0 radical (unpaired) electrons. The predicted octanol–water partition coefficient (Wildman–Crippen LogP) is 12.1. The molecule has 7 aromatic rings. The van der Waals surface area contributed by atoms with Crippen molar-refractivity contribution >= 4 is 12.0 Å². The topological polar surface area (TPSA) is 92.7 Å². The van der Waals surface area contributed by atoms with Crippen molar-refractivity contribution in [2.24, 2.45) is 0 Å². The third kappa shape index (κ3) is 13.7. The summed E-state index contributed by atoms with van der Waals surface area (Å²) in [6, 6.07) is 63.3. The molecule has 0 unspecified atom stereocenters. The molecule has 8 heteroatoms. The summed E-state index contributed by atoms with van der Waals surface area (Å²) in [5, 5.41) is 9.12. The van der Waals surface area contributed by atoms with Gasteiger partial charge in [0.15, 0.2) is 0 Å². The Kier molecular flexibility index (Phi) is 16.9. The van der Waals surface area contributed by atoms with Gasteiger partial charge in [0.1, 0.15) is 42.9 Å². The molecular weight excluding hydrogens is 837 g/mol. The molecule has 342 valence electrons. The monoisotopic (exact) mass is 894 g/mol. The summed E-state index contributed by atoms with van der Waals surface area (Å²) < 4.78 is 42.0. The molecule has 0 aliphatic carbocycles. The molecular formula is C59H58O8. The fourth-order valence-electron chi connectivity index (χ4n) is 8.32. The molecule has 7 aromatic carbocycles. The van der Waals surface area contributed by atoms with Crippen molar-refractivity contribution in [1.29, 1.82) is 0 Å². The van der Waals surface area contributed by atoms with Crippen LogP contribution in [0.15, 0.2) is 194 Å². The first-order valence-electron chi connectivity index (χ1n) is 23.0. The van der Waals surface area contributed by atoms with Gasteiger partial charge in [-0.25, -0.2) is 0 Å². The second kappa shape index (κ2) is 24.2. The van der Waals surface area contributed by atoms with Crippen LogP contribution in [0.2, 0.25) is 0 Å². The lowest BCUT2D eigenvalue weighted by molar-refractivity contribution is -0.275. The Morgan fingerprint density at radius 2 is 1.03 bits per heavy atom. The highest BCUT2D eigenvalue weighted by molar-refractivity contribution is 5.70. The van der Waals surface area contributed by atoms with E-state index in [1.807, 2.05) is 109 Å². The summed E-state index contributed by atoms with van der Waals surface area (Å²) in [7, 11) is 0. The van der Waals surface area contributed by atoms with E-state index in [2.05, 4.69) is 91.9 Å². The highest BCUT2D eigenvalue weighted by Gasteiger charge is 2.50. The van der Waals surface area contributed by atoms with Gasteiger partial charge in [-0.15, -0.1) is 0 Å². The number of aryl methyl sites for hydroxylation is 1. The highest BCUT2D eigenvalue weighted by Crippen LogP contribution is 2.43. The number of carboxylic acids is 1. The number of carbonyl (C=O) groups is 1. The van der Waals surface area contributed by atoms with Gasteiger partial charge in [-0.1, -0.05) is 188 Å². The molecule has 67 heavy (non-hydrogen) atoms. The first-order valence-corrected chi connectivity index (χ1v) is 23.0. The van der Waals surface area contributed by atoms with Gasteiger partial charge in [-0.3, -0.25) is 4.79 Å². The van der Waals surface area contributed by atoms with Crippen LogP contribution in [0, 0.1) is 6.92 Å². The Morgan fingerprint density at radius 1 is 0.552 bits per heavy atom. The van der Waals surface area contributed by atoms with Gasteiger partial charge in [0.05, 0.1) is 39.5 Å². The van der Waals surface area contributed by atoms with Crippen LogP contribution < -0.4 is 4.74 Å². The third-order valence-electron chi connectivity index (χ3n) is 11.9. The molecule has 1 heterocycles. The third-order valence-corrected chi connectivity index (χ3v) is 11.9. The van der Waals surface area contributed by atoms with E-state index >= 15 is 0 Å². The second-order valence-corrected chi connectivity index (χ2v) is 16.9. The quantitative estimate of drug-likeness (QED) is 0.0719. The van der Waals surface area contributed by atoms with Crippen molar-refractivity contribution < 1.29 is 38.3 Å². The van der Waals surface area contributed by atoms with Crippen LogP contribution >= 0.6 is 0 Å². The molecule has 1 aliphatic heterocycles. The summed E-state index contributed by atoms with van der Waals surface area (Å²) >= 11 is 0. The molecule has 5 atom stereocenters. The van der Waals surface area contributed by atoms with Crippen molar-refractivity contribution in [3.63, 3.8) is 0 Å². The van der Waals surface area contributed by atoms with Gasteiger partial charge in [0, 0.05) is 5.56 Å². The summed E-state index contributed by atoms with van der Waals surface area (Å²) in [4.78, 5) is 11.1. The maximum Gasteiger partial charge on any atom is 0.307 e. The molecule has 0 amide bonds. The van der Waals surface area contributed by atoms with Gasteiger partial charge in [0.2, 0.25) is 0 Å². The van der Waals surface area contributed by atoms with Crippen molar-refractivity contribution in [2.45, 2.75) is 83.3 Å². The van der Waals surface area contributed by atoms with E-state index in [1.165, 1.54) is 0 Å². The summed E-state index contributed by atoms with van der Waals surface area (Å²) in [5.41, 5.74) is 10.2. The minimum atomic E-state index is -0.861. The first-order chi connectivity index (χ1) is 32.9. The first kappa shape index (κ1) is 46.9. The van der Waals surface area contributed by atoms with Crippen LogP contribution in [-0.2, 0) is 67.9 Å². The lowest BCUT2D eigenvalue weighted by Crippen LogP contribution is -2.58. The van der Waals surface area contributed by atoms with Gasteiger partial charge >= 0.3 is 5.97 Å². The minimum Gasteiger partial charge on any atom is -0.489 e. The molecule has 0 aromatic heterocycles. The molecule has 1 saturated heterocycles. The predicted molar refractivity (Wildman–Crippen MR) is 261 cm³/mol. The van der Waals surface area contributed by atoms with Crippen LogP contribution in [0.1, 0.15) is 68.2 Å². The average Bonchev–Trinajstić information content (AvgIpc) is 3.36. The number of hydrogen-bond acceptors (Lipinski definition) is 7. The maximum atomic E-state index is 11.1. The smallest absolute Gasteiger partial charge is 0.307 e. The van der Waals surface area contributed by atoms with Gasteiger partial charge in [-0.2, -0.15) is 0 Å². The van der Waals surface area contributed by atoms with E-state index in [0.717, 1.165) is 55.6 Å². The van der Waals surface area contributed by atoms with E-state index in [9.17, 15) is 4.79 Å². The molecule has 0 spiro atoms. The average molecular weight is 895 g/mol. The van der Waals surface area contributed by atoms with Gasteiger partial charge in [0.25, 0.3) is 0 Å². The zero-order chi connectivity index (χ0) is 46.0. The maximum absolute atomic E-state index is 11.1. The largest absolute Gasteiger partial charge is 0.489 e. The number of ether oxygens (including phenoxy) is 6. The lowest BCUT2D eigenvalue weighted by Gasteiger charge is -2.46. The van der Waals surface area contributed by atoms with E-state index in [-0.39, 0.29) is 13.0 Å². The van der Waals surface area contributed by atoms with Crippen LogP contribution in [-0.4, -0.2) is 42.1 Å². The molecule has 1 fully saturated rings. The van der Waals surface area contributed by atoms with Crippen molar-refractivity contribution in [3.05, 3.63) is 250 Å². The minimum absolute atomic E-state index is 0.0280. The van der Waals surface area contributed by atoms with E-state index < -0.39 is 36.5 Å². The Morgan fingerprint density at radius 3 is 1.55 bits per heavy atom. The summed E-state index contributed by atoms with van der Waals surface area (Å²) in [5.74, 6) is -0.169. The lowest BCUT2D eigenvalue weighted by atomic mass is 9.87. The number of hydrogen-bond donors (Lipinski definition) is 1. The van der Waals surface area contributed by atoms with Gasteiger partial charge < -0.3 is 33.5 Å². The fourth-order valence-corrected chi connectivity index (χ4v) is 8.32. The number of aliphatic carboxylic acids is 1. The molecule has 1 aliphatic rings. The number of rotatable bonds is 22. The second-order valence-electron chi connectivity index (χ2n) is 16.9. The Bertz CT molecular complexity index is 2590. The van der Waals surface area contributed by atoms with Crippen LogP contribution in [0.25, 0.3) is 6.08 Å². The fraction of sp³-hybridized carbons (Fsp3) is 0.237. The normalized spacial score (nSPS) is 18.2. The van der Waals surface area contributed by atoms with Crippen LogP contribution in [0.4, 0.5) is 0 Å². The van der Waals surface area contributed by atoms with E-state index in [4.69, 9.17) is 33.5 Å². The molecule has 1 N–H and O–H groups in total. The summed E-state index contributed by atoms with van der Waals surface area (Å²) in [6.45, 7) is 4.06. The number of carboxylic acid groups (broad SMARTS) is 1. The van der Waals surface area contributed by atoms with Crippen LogP contribution in [0.3, 0.4) is 0 Å². The van der Waals surface area contributed by atoms with Crippen molar-refractivity contribution in [3.8, 4) is 5.75 Å². The van der Waals surface area contributed by atoms with E-state index in [0.29, 0.717) is 45.2 Å². The zero-order valence-corrected chi connectivity index (χ0v) is 37.9. The van der Waals surface area contributed by atoms with Crippen molar-refractivity contribution in [2.75, 3.05) is 6.61 Å². The van der Waals surface area contributed by atoms with Crippen molar-refractivity contribution in [1.82, 2.24) is 0 Å². The molecule has 0 bridgehead atoms. The molecule has 0 saturated carbocycles. The molecule has 8 nitrogen and oxygen atoms in total. The SMILES string of the molecule is Cc1cc(OCc2ccccc2)c([C@@H]2O[C@H](COCc3ccccc3)[C@H](OCc3ccccc3)[C@H](OCc3ccccc3)[C@H]2OCc2ccccc2)cc1Cc1ccc(/C=C/CC(=O)O)cc1. The molecule has 8 rings (SSSR count). The standard InChI is InChI=1S/C59H58O8/c1-43-34-53(63-38-47-20-9-3-10-21-47)52(36-51(43)35-45-32-30-44(31-33-45)28-17-29-55(60)61)56-58(65-40-49-24-13-5-14-25-49)59(66-41-50-26-15-6-16-27-50)57(64-39-48-22-11-4-12-23-48)54(67-56)42-62-37-46-18-7-2-8-19-46/h2-28,30-34,36,54,56-59H,29,35,37-42H2,1H3,(H,60,61)/b28-17+/t54-,56+,57+,58+,59+/m1/s1. The van der Waals surface area contributed by atoms with Gasteiger partial charge in [-0.05, 0) is 75.5 Å². The highest BCUT2D eigenvalue weighted by atomic mass is 16.6. The Labute approximate surface area is 394 Å². The Balaban J connectivity index is 1.21. The van der Waals surface area contributed by atoms with E-state index in [1.54, 1.807) is 6.08 Å². The van der Waals surface area contributed by atoms with Crippen LogP contribution in [0.5, 0.6) is 5.75 Å².